The first-order valence-electron chi connectivity index (χ1n) is 6.93. The second kappa shape index (κ2) is 7.09. The Hall–Kier alpha value is -2.06. The van der Waals surface area contributed by atoms with E-state index >= 15 is 0 Å². The highest BCUT2D eigenvalue weighted by molar-refractivity contribution is 7.98. The van der Waals surface area contributed by atoms with Gasteiger partial charge >= 0.3 is 0 Å². The van der Waals surface area contributed by atoms with E-state index in [4.69, 9.17) is 0 Å². The summed E-state index contributed by atoms with van der Waals surface area (Å²) >= 11 is 1.68. The molecule has 0 amide bonds. The molecule has 0 fully saturated rings. The zero-order chi connectivity index (χ0) is 15.2. The molecule has 21 heavy (non-hydrogen) atoms. The fourth-order valence-electron chi connectivity index (χ4n) is 2.22. The van der Waals surface area contributed by atoms with E-state index in [0.29, 0.717) is 11.4 Å². The van der Waals surface area contributed by atoms with E-state index in [1.54, 1.807) is 11.8 Å². The van der Waals surface area contributed by atoms with Crippen LogP contribution in [0.3, 0.4) is 0 Å². The molecule has 0 aliphatic heterocycles. The number of nitrogens with zero attached hydrogens (tertiary/aromatic N) is 3. The summed E-state index contributed by atoms with van der Waals surface area (Å²) in [6, 6.07) is 10.3. The van der Waals surface area contributed by atoms with Crippen molar-refractivity contribution in [1.82, 2.24) is 10.2 Å². The SMILES string of the molecule is CCc1nnc(Nc2cccc(SC)c2)c(C#N)c1CC. The van der Waals surface area contributed by atoms with Crippen LogP contribution in [0.25, 0.3) is 0 Å². The topological polar surface area (TPSA) is 61.6 Å². The van der Waals surface area contributed by atoms with Crippen molar-refractivity contribution in [2.45, 2.75) is 31.6 Å². The Morgan fingerprint density at radius 1 is 1.24 bits per heavy atom. The molecule has 0 aliphatic rings. The van der Waals surface area contributed by atoms with Crippen molar-refractivity contribution in [2.24, 2.45) is 0 Å². The van der Waals surface area contributed by atoms with Gasteiger partial charge in [0.15, 0.2) is 5.82 Å². The number of benzene rings is 1. The highest BCUT2D eigenvalue weighted by Gasteiger charge is 2.14. The molecule has 0 aliphatic carbocycles. The summed E-state index contributed by atoms with van der Waals surface area (Å²) < 4.78 is 0. The molecule has 1 heterocycles. The number of nitriles is 1. The van der Waals surface area contributed by atoms with Gasteiger partial charge in [-0.2, -0.15) is 10.4 Å². The Morgan fingerprint density at radius 3 is 2.67 bits per heavy atom. The van der Waals surface area contributed by atoms with E-state index in [2.05, 4.69) is 21.6 Å². The zero-order valence-electron chi connectivity index (χ0n) is 12.5. The van der Waals surface area contributed by atoms with Crippen molar-refractivity contribution in [3.05, 3.63) is 41.1 Å². The molecule has 1 aromatic carbocycles. The summed E-state index contributed by atoms with van der Waals surface area (Å²) in [5.41, 5.74) is 3.40. The van der Waals surface area contributed by atoms with E-state index in [9.17, 15) is 5.26 Å². The molecule has 0 spiro atoms. The lowest BCUT2D eigenvalue weighted by atomic mass is 10.0. The van der Waals surface area contributed by atoms with Gasteiger partial charge in [0.2, 0.25) is 0 Å². The lowest BCUT2D eigenvalue weighted by Crippen LogP contribution is -2.07. The lowest BCUT2D eigenvalue weighted by molar-refractivity contribution is 0.877. The van der Waals surface area contributed by atoms with Gasteiger partial charge in [-0.25, -0.2) is 0 Å². The number of nitrogens with one attached hydrogen (secondary N) is 1. The van der Waals surface area contributed by atoms with E-state index in [1.165, 1.54) is 0 Å². The average Bonchev–Trinajstić information content (AvgIpc) is 2.54. The van der Waals surface area contributed by atoms with Gasteiger partial charge in [-0.3, -0.25) is 0 Å². The summed E-state index contributed by atoms with van der Waals surface area (Å²) in [6.07, 6.45) is 3.60. The molecule has 1 aromatic heterocycles. The average molecular weight is 298 g/mol. The smallest absolute Gasteiger partial charge is 0.171 e. The number of anilines is 2. The molecule has 5 heteroatoms. The minimum absolute atomic E-state index is 0.532. The fourth-order valence-corrected chi connectivity index (χ4v) is 2.68. The number of aromatic nitrogens is 2. The van der Waals surface area contributed by atoms with Crippen LogP contribution in [0.1, 0.15) is 30.7 Å². The Kier molecular flexibility index (Phi) is 5.18. The van der Waals surface area contributed by atoms with Crippen LogP contribution in [0, 0.1) is 11.3 Å². The summed E-state index contributed by atoms with van der Waals surface area (Å²) in [4.78, 5) is 1.16. The van der Waals surface area contributed by atoms with Gasteiger partial charge in [0.05, 0.1) is 5.69 Å². The third-order valence-electron chi connectivity index (χ3n) is 3.29. The van der Waals surface area contributed by atoms with Crippen LogP contribution < -0.4 is 5.32 Å². The van der Waals surface area contributed by atoms with Crippen molar-refractivity contribution in [2.75, 3.05) is 11.6 Å². The minimum Gasteiger partial charge on any atom is -0.338 e. The highest BCUT2D eigenvalue weighted by Crippen LogP contribution is 2.25. The quantitative estimate of drug-likeness (QED) is 0.847. The van der Waals surface area contributed by atoms with E-state index in [0.717, 1.165) is 34.7 Å². The maximum Gasteiger partial charge on any atom is 0.171 e. The van der Waals surface area contributed by atoms with Crippen molar-refractivity contribution in [3.8, 4) is 6.07 Å². The summed E-state index contributed by atoms with van der Waals surface area (Å²) in [5, 5.41) is 21.1. The first-order valence-corrected chi connectivity index (χ1v) is 8.15. The largest absolute Gasteiger partial charge is 0.338 e. The lowest BCUT2D eigenvalue weighted by Gasteiger charge is -2.12. The molecule has 2 aromatic rings. The Labute approximate surface area is 129 Å². The molecule has 0 unspecified atom stereocenters. The van der Waals surface area contributed by atoms with Gasteiger partial charge in [0, 0.05) is 10.6 Å². The normalized spacial score (nSPS) is 10.2. The summed E-state index contributed by atoms with van der Waals surface area (Å²) in [7, 11) is 0. The fraction of sp³-hybridized carbons (Fsp3) is 0.312. The number of hydrogen-bond donors (Lipinski definition) is 1. The van der Waals surface area contributed by atoms with Gasteiger partial charge in [-0.05, 0) is 42.9 Å². The Bertz CT molecular complexity index is 676. The Balaban J connectivity index is 2.42. The molecule has 0 radical (unpaired) electrons. The molecule has 0 atom stereocenters. The third kappa shape index (κ3) is 3.34. The van der Waals surface area contributed by atoms with Gasteiger partial charge in [-0.15, -0.1) is 16.9 Å². The maximum atomic E-state index is 9.47. The summed E-state index contributed by atoms with van der Waals surface area (Å²) in [6.45, 7) is 4.06. The second-order valence-corrected chi connectivity index (χ2v) is 5.40. The van der Waals surface area contributed by atoms with Crippen LogP contribution in [0.4, 0.5) is 11.5 Å². The number of hydrogen-bond acceptors (Lipinski definition) is 5. The van der Waals surface area contributed by atoms with E-state index in [-0.39, 0.29) is 0 Å². The van der Waals surface area contributed by atoms with Crippen molar-refractivity contribution in [1.29, 1.82) is 5.26 Å². The van der Waals surface area contributed by atoms with Gasteiger partial charge < -0.3 is 5.32 Å². The highest BCUT2D eigenvalue weighted by atomic mass is 32.2. The van der Waals surface area contributed by atoms with Gasteiger partial charge in [0.1, 0.15) is 11.6 Å². The van der Waals surface area contributed by atoms with Gasteiger partial charge in [0.25, 0.3) is 0 Å². The molecular weight excluding hydrogens is 280 g/mol. The van der Waals surface area contributed by atoms with Crippen LogP contribution in [0.15, 0.2) is 29.2 Å². The molecule has 108 valence electrons. The van der Waals surface area contributed by atoms with Crippen LogP contribution >= 0.6 is 11.8 Å². The molecule has 2 rings (SSSR count). The van der Waals surface area contributed by atoms with E-state index in [1.807, 2.05) is 44.4 Å². The van der Waals surface area contributed by atoms with Crippen molar-refractivity contribution < 1.29 is 0 Å². The van der Waals surface area contributed by atoms with E-state index < -0.39 is 0 Å². The molecule has 0 saturated carbocycles. The van der Waals surface area contributed by atoms with Gasteiger partial charge in [-0.1, -0.05) is 19.9 Å². The Morgan fingerprint density at radius 2 is 2.05 bits per heavy atom. The third-order valence-corrected chi connectivity index (χ3v) is 4.02. The molecule has 4 nitrogen and oxygen atoms in total. The molecular formula is C16H18N4S. The number of rotatable bonds is 5. The monoisotopic (exact) mass is 298 g/mol. The summed E-state index contributed by atoms with van der Waals surface area (Å²) in [5.74, 6) is 0.532. The van der Waals surface area contributed by atoms with Crippen LogP contribution in [-0.4, -0.2) is 16.5 Å². The standard InChI is InChI=1S/C16H18N4S/c1-4-13-14(10-17)16(20-19-15(13)5-2)18-11-7-6-8-12(9-11)21-3/h6-9H,4-5H2,1-3H3,(H,18,20). The van der Waals surface area contributed by atoms with Crippen molar-refractivity contribution >= 4 is 23.3 Å². The minimum atomic E-state index is 0.532. The maximum absolute atomic E-state index is 9.47. The van der Waals surface area contributed by atoms with Crippen molar-refractivity contribution in [3.63, 3.8) is 0 Å². The first kappa shape index (κ1) is 15.3. The van der Waals surface area contributed by atoms with Crippen LogP contribution in [0.5, 0.6) is 0 Å². The molecule has 0 saturated heterocycles. The molecule has 0 bridgehead atoms. The van der Waals surface area contributed by atoms with Crippen LogP contribution in [0.2, 0.25) is 0 Å². The predicted octanol–water partition coefficient (Wildman–Crippen LogP) is 3.94. The number of aryl methyl sites for hydroxylation is 1. The molecule has 1 N–H and O–H groups in total. The predicted molar refractivity (Wildman–Crippen MR) is 87.0 cm³/mol. The first-order chi connectivity index (χ1) is 10.2. The number of thioether (sulfide) groups is 1. The zero-order valence-corrected chi connectivity index (χ0v) is 13.3. The second-order valence-electron chi connectivity index (χ2n) is 4.52. The van der Waals surface area contributed by atoms with Crippen LogP contribution in [-0.2, 0) is 12.8 Å².